The van der Waals surface area contributed by atoms with Crippen molar-refractivity contribution >= 4 is 29.8 Å². The quantitative estimate of drug-likeness (QED) is 0.0432. The van der Waals surface area contributed by atoms with Gasteiger partial charge in [0.1, 0.15) is 12.2 Å². The molecule has 0 saturated carbocycles. The van der Waals surface area contributed by atoms with Gasteiger partial charge in [-0.1, -0.05) is 70.9 Å². The molecule has 3 aliphatic rings. The molecule has 17 nitrogen and oxygen atoms in total. The summed E-state index contributed by atoms with van der Waals surface area (Å²) in [4.78, 5) is 63.1. The lowest BCUT2D eigenvalue weighted by molar-refractivity contribution is -0.348. The van der Waals surface area contributed by atoms with Crippen molar-refractivity contribution in [1.82, 2.24) is 0 Å². The number of esters is 5. The van der Waals surface area contributed by atoms with Crippen LogP contribution in [0.2, 0.25) is 0 Å². The number of aliphatic hydroxyl groups excluding tert-OH is 2. The summed E-state index contributed by atoms with van der Waals surface area (Å²) in [5.41, 5.74) is -0.306. The van der Waals surface area contributed by atoms with Gasteiger partial charge in [-0.25, -0.2) is 14.4 Å². The second-order valence-corrected chi connectivity index (χ2v) is 17.6. The van der Waals surface area contributed by atoms with E-state index in [0.29, 0.717) is 6.42 Å². The number of methoxy groups -OCH3 is 2. The molecule has 360 valence electrons. The Balaban J connectivity index is 1.77. The van der Waals surface area contributed by atoms with E-state index in [1.807, 2.05) is 13.0 Å². The fraction of sp³-hybridized carbons (Fsp3) is 0.681. The molecular weight excluding hydrogens is 836 g/mol. The molecule has 3 heterocycles. The molecule has 0 spiro atoms. The Kier molecular flexibility index (Phi) is 20.6. The number of hydrogen-bond donors (Lipinski definition) is 4. The van der Waals surface area contributed by atoms with E-state index in [-0.39, 0.29) is 44.1 Å². The van der Waals surface area contributed by atoms with Crippen molar-refractivity contribution < 1.29 is 82.3 Å². The van der Waals surface area contributed by atoms with Crippen molar-refractivity contribution in [3.63, 3.8) is 0 Å². The summed E-state index contributed by atoms with van der Waals surface area (Å²) in [6.45, 7) is 15.1. The summed E-state index contributed by atoms with van der Waals surface area (Å²) >= 11 is 0. The molecule has 0 bridgehead atoms. The number of aliphatic hydroxyl groups is 4. The van der Waals surface area contributed by atoms with Gasteiger partial charge in [-0.15, -0.1) is 6.58 Å². The molecule has 1 unspecified atom stereocenters. The van der Waals surface area contributed by atoms with Gasteiger partial charge in [0.05, 0.1) is 62.7 Å². The predicted molar refractivity (Wildman–Crippen MR) is 230 cm³/mol. The van der Waals surface area contributed by atoms with Crippen LogP contribution in [0, 0.1) is 11.3 Å². The summed E-state index contributed by atoms with van der Waals surface area (Å²) in [5, 5.41) is 46.2. The lowest BCUT2D eigenvalue weighted by Crippen LogP contribution is -2.62. The Labute approximate surface area is 376 Å². The average Bonchev–Trinajstić information content (AvgIpc) is 3.20. The van der Waals surface area contributed by atoms with Crippen molar-refractivity contribution in [3.05, 3.63) is 60.3 Å². The highest BCUT2D eigenvalue weighted by atomic mass is 16.7. The van der Waals surface area contributed by atoms with E-state index >= 15 is 0 Å². The Hall–Kier alpha value is -4.23. The number of carbonyl (C=O) groups excluding carboxylic acids is 5. The van der Waals surface area contributed by atoms with Crippen LogP contribution in [0.1, 0.15) is 113 Å². The SMILES string of the molecule is C=C[C@H]1C/C(=C\C(=O)OC)C[C@@H](C[C@]2(O)O[C@H](C[C@@H](O)CC(=O)O[C@H](CC3C/C(=C\C(=O)OC)[C@H](OC(=O)/C=C/C=C/CCC)[C@](O)(C(C)C)O3)[C@@H](C)O)C[C@H](OC(C)=O)C2(C)C)O1. The molecule has 0 amide bonds. The van der Waals surface area contributed by atoms with Crippen molar-refractivity contribution in [2.24, 2.45) is 11.3 Å². The summed E-state index contributed by atoms with van der Waals surface area (Å²) in [7, 11) is 2.44. The third-order valence-corrected chi connectivity index (χ3v) is 11.9. The van der Waals surface area contributed by atoms with Crippen molar-refractivity contribution in [2.75, 3.05) is 14.2 Å². The minimum absolute atomic E-state index is 0.0629. The molecule has 0 aliphatic carbocycles. The summed E-state index contributed by atoms with van der Waals surface area (Å²) in [6.07, 6.45) is 2.40. The van der Waals surface area contributed by atoms with Gasteiger partial charge >= 0.3 is 29.8 Å². The summed E-state index contributed by atoms with van der Waals surface area (Å²) in [5.74, 6) is -8.45. The molecule has 3 aliphatic heterocycles. The Bertz CT molecular complexity index is 1740. The van der Waals surface area contributed by atoms with Crippen LogP contribution >= 0.6 is 0 Å². The standard InChI is InChI=1S/C47H70O17/c1-11-13-14-15-16-17-40(51)62-44-32(22-42(53)58-10)21-35(64-47(44,56)28(3)4)25-38(29(5)48)61-43(54)24-33(50)23-36-26-39(59-30(6)49)45(7,8)46(55,63-36)27-37-19-31(20-41(52)57-9)18-34(12-2)60-37/h12,14-17,20,22,28-29,33-39,44,48,50,55-56H,2,11,13,18-19,21,23-27H2,1,3-10H3/b15-14+,17-16+,31-20+,32-22+/t29-,33-,34+,35?,36-,37+,38-,39+,44+,46+,47+/m1/s1. The van der Waals surface area contributed by atoms with Crippen LogP contribution in [0.5, 0.6) is 0 Å². The number of rotatable bonds is 20. The zero-order chi connectivity index (χ0) is 48.0. The van der Waals surface area contributed by atoms with Crippen LogP contribution in [0.15, 0.2) is 60.3 Å². The van der Waals surface area contributed by atoms with Gasteiger partial charge in [0, 0.05) is 56.8 Å². The Morgan fingerprint density at radius 1 is 0.875 bits per heavy atom. The number of ether oxygens (including phenoxy) is 8. The average molecular weight is 907 g/mol. The van der Waals surface area contributed by atoms with E-state index in [1.54, 1.807) is 39.8 Å². The molecule has 64 heavy (non-hydrogen) atoms. The van der Waals surface area contributed by atoms with Crippen molar-refractivity contribution in [1.29, 1.82) is 0 Å². The fourth-order valence-electron chi connectivity index (χ4n) is 8.11. The molecule has 0 aromatic rings. The molecule has 3 fully saturated rings. The maximum atomic E-state index is 13.4. The van der Waals surface area contributed by atoms with Crippen LogP contribution in [-0.4, -0.2) is 131 Å². The maximum absolute atomic E-state index is 13.4. The zero-order valence-corrected chi connectivity index (χ0v) is 38.7. The maximum Gasteiger partial charge on any atom is 0.331 e. The molecule has 0 radical (unpaired) electrons. The van der Waals surface area contributed by atoms with Crippen molar-refractivity contribution in [2.45, 2.75) is 179 Å². The molecule has 0 aromatic carbocycles. The smallest absolute Gasteiger partial charge is 0.331 e. The number of allylic oxidation sites excluding steroid dienone is 3. The van der Waals surface area contributed by atoms with Crippen molar-refractivity contribution in [3.8, 4) is 0 Å². The summed E-state index contributed by atoms with van der Waals surface area (Å²) in [6, 6.07) is 0. The fourth-order valence-corrected chi connectivity index (χ4v) is 8.11. The van der Waals surface area contributed by atoms with Crippen LogP contribution in [-0.2, 0) is 61.9 Å². The molecule has 3 saturated heterocycles. The zero-order valence-electron chi connectivity index (χ0n) is 38.7. The second-order valence-electron chi connectivity index (χ2n) is 17.6. The largest absolute Gasteiger partial charge is 0.466 e. The van der Waals surface area contributed by atoms with Gasteiger partial charge in [0.15, 0.2) is 11.9 Å². The molecular formula is C47H70O17. The van der Waals surface area contributed by atoms with Gasteiger partial charge in [0.25, 0.3) is 0 Å². The van der Waals surface area contributed by atoms with Crippen LogP contribution in [0.4, 0.5) is 0 Å². The van der Waals surface area contributed by atoms with E-state index in [4.69, 9.17) is 37.9 Å². The van der Waals surface area contributed by atoms with Crippen LogP contribution in [0.3, 0.4) is 0 Å². The predicted octanol–water partition coefficient (Wildman–Crippen LogP) is 4.53. The number of carbonyl (C=O) groups is 5. The van der Waals surface area contributed by atoms with Crippen LogP contribution < -0.4 is 0 Å². The van der Waals surface area contributed by atoms with E-state index < -0.39 is 114 Å². The molecule has 4 N–H and O–H groups in total. The van der Waals surface area contributed by atoms with Crippen LogP contribution in [0.25, 0.3) is 0 Å². The van der Waals surface area contributed by atoms with Gasteiger partial charge < -0.3 is 58.3 Å². The first-order valence-corrected chi connectivity index (χ1v) is 21.9. The third kappa shape index (κ3) is 15.2. The monoisotopic (exact) mass is 906 g/mol. The number of unbranched alkanes of at least 4 members (excludes halogenated alkanes) is 1. The minimum Gasteiger partial charge on any atom is -0.466 e. The highest BCUT2D eigenvalue weighted by Crippen LogP contribution is 2.49. The molecule has 0 aromatic heterocycles. The Morgan fingerprint density at radius 3 is 2.14 bits per heavy atom. The van der Waals surface area contributed by atoms with Gasteiger partial charge in [0.2, 0.25) is 5.79 Å². The van der Waals surface area contributed by atoms with E-state index in [9.17, 15) is 44.4 Å². The lowest BCUT2D eigenvalue weighted by Gasteiger charge is -2.53. The molecule has 3 rings (SSSR count). The highest BCUT2D eigenvalue weighted by Gasteiger charge is 2.58. The Morgan fingerprint density at radius 2 is 1.55 bits per heavy atom. The van der Waals surface area contributed by atoms with E-state index in [0.717, 1.165) is 24.5 Å². The van der Waals surface area contributed by atoms with E-state index in [2.05, 4.69) is 6.58 Å². The minimum atomic E-state index is -2.16. The molecule has 11 atom stereocenters. The van der Waals surface area contributed by atoms with E-state index in [1.165, 1.54) is 46.3 Å². The topological polar surface area (TPSA) is 240 Å². The highest BCUT2D eigenvalue weighted by molar-refractivity contribution is 5.84. The third-order valence-electron chi connectivity index (χ3n) is 11.9. The first-order valence-electron chi connectivity index (χ1n) is 21.9. The number of hydrogen-bond acceptors (Lipinski definition) is 17. The summed E-state index contributed by atoms with van der Waals surface area (Å²) < 4.78 is 45.3. The van der Waals surface area contributed by atoms with Gasteiger partial charge in [-0.05, 0) is 38.2 Å². The lowest BCUT2D eigenvalue weighted by atomic mass is 9.70. The normalized spacial score (nSPS) is 31.0. The second kappa shape index (κ2) is 24.3. The van der Waals surface area contributed by atoms with Gasteiger partial charge in [-0.3, -0.25) is 9.59 Å². The first-order chi connectivity index (χ1) is 30.0. The first kappa shape index (κ1) is 54.1. The van der Waals surface area contributed by atoms with Gasteiger partial charge in [-0.2, -0.15) is 0 Å². The molecule has 17 heteroatoms.